The molecule has 2 aromatic rings. The Labute approximate surface area is 124 Å². The average molecular weight is 292 g/mol. The van der Waals surface area contributed by atoms with Gasteiger partial charge in [0, 0.05) is 19.0 Å². The summed E-state index contributed by atoms with van der Waals surface area (Å²) in [4.78, 5) is 4.28. The maximum absolute atomic E-state index is 13.1. The van der Waals surface area contributed by atoms with E-state index < -0.39 is 6.10 Å². The third kappa shape index (κ3) is 3.68. The van der Waals surface area contributed by atoms with Gasteiger partial charge in [-0.15, -0.1) is 0 Å². The second-order valence-corrected chi connectivity index (χ2v) is 5.05. The molecule has 21 heavy (non-hydrogen) atoms. The van der Waals surface area contributed by atoms with Crippen molar-refractivity contribution in [2.75, 3.05) is 6.61 Å². The van der Waals surface area contributed by atoms with Crippen LogP contribution in [0.4, 0.5) is 4.39 Å². The Morgan fingerprint density at radius 1 is 1.43 bits per heavy atom. The van der Waals surface area contributed by atoms with Gasteiger partial charge in [0.2, 0.25) is 0 Å². The van der Waals surface area contributed by atoms with Crippen LogP contribution < -0.4 is 0 Å². The number of rotatable bonds is 6. The van der Waals surface area contributed by atoms with Crippen LogP contribution in [0.25, 0.3) is 0 Å². The van der Waals surface area contributed by atoms with Crippen molar-refractivity contribution in [2.24, 2.45) is 0 Å². The van der Waals surface area contributed by atoms with E-state index in [1.165, 1.54) is 12.1 Å². The van der Waals surface area contributed by atoms with Crippen LogP contribution in [0.3, 0.4) is 0 Å². The fraction of sp³-hybridized carbons (Fsp3) is 0.438. The Hall–Kier alpha value is -1.72. The van der Waals surface area contributed by atoms with Crippen LogP contribution in [0, 0.1) is 12.7 Å². The largest absolute Gasteiger partial charge is 0.387 e. The van der Waals surface area contributed by atoms with Crippen molar-refractivity contribution >= 4 is 0 Å². The van der Waals surface area contributed by atoms with Gasteiger partial charge in [0.1, 0.15) is 17.7 Å². The van der Waals surface area contributed by atoms with Gasteiger partial charge in [0.05, 0.1) is 12.6 Å². The number of hydrogen-bond donors (Lipinski definition) is 1. The van der Waals surface area contributed by atoms with E-state index in [0.717, 1.165) is 17.0 Å². The predicted molar refractivity (Wildman–Crippen MR) is 78.4 cm³/mol. The highest BCUT2D eigenvalue weighted by Crippen LogP contribution is 2.22. The minimum atomic E-state index is -0.715. The second-order valence-electron chi connectivity index (χ2n) is 5.05. The van der Waals surface area contributed by atoms with Crippen molar-refractivity contribution in [1.29, 1.82) is 0 Å². The van der Waals surface area contributed by atoms with E-state index in [-0.39, 0.29) is 11.9 Å². The summed E-state index contributed by atoms with van der Waals surface area (Å²) in [6, 6.07) is 4.41. The quantitative estimate of drug-likeness (QED) is 0.889. The van der Waals surface area contributed by atoms with Crippen molar-refractivity contribution in [3.05, 3.63) is 53.4 Å². The molecular weight excluding hydrogens is 271 g/mol. The Morgan fingerprint density at radius 2 is 2.19 bits per heavy atom. The maximum Gasteiger partial charge on any atom is 0.137 e. The number of hydrogen-bond acceptors (Lipinski definition) is 3. The van der Waals surface area contributed by atoms with Crippen LogP contribution in [-0.2, 0) is 11.3 Å². The first-order valence-corrected chi connectivity index (χ1v) is 7.09. The monoisotopic (exact) mass is 292 g/mol. The first-order valence-electron chi connectivity index (χ1n) is 7.09. The molecule has 0 radical (unpaired) electrons. The van der Waals surface area contributed by atoms with Gasteiger partial charge in [-0.2, -0.15) is 0 Å². The summed E-state index contributed by atoms with van der Waals surface area (Å²) in [6.07, 6.45) is 2.65. The number of aromatic nitrogens is 2. The SMILES string of the molecule is CCOC(C)c1nccn1CC(O)c1ccc(F)cc1C. The molecule has 5 heteroatoms. The third-order valence-corrected chi connectivity index (χ3v) is 3.49. The van der Waals surface area contributed by atoms with Crippen molar-refractivity contribution in [3.8, 4) is 0 Å². The van der Waals surface area contributed by atoms with Crippen LogP contribution in [0.1, 0.15) is 43.0 Å². The van der Waals surface area contributed by atoms with E-state index in [9.17, 15) is 9.50 Å². The number of ether oxygens (including phenoxy) is 1. The Bertz CT molecular complexity index is 598. The normalized spacial score (nSPS) is 14.1. The fourth-order valence-electron chi connectivity index (χ4n) is 2.46. The molecular formula is C16H21FN2O2. The van der Waals surface area contributed by atoms with Crippen LogP contribution in [0.15, 0.2) is 30.6 Å². The Morgan fingerprint density at radius 3 is 2.86 bits per heavy atom. The lowest BCUT2D eigenvalue weighted by Gasteiger charge is -2.18. The zero-order chi connectivity index (χ0) is 15.4. The molecule has 114 valence electrons. The van der Waals surface area contributed by atoms with Crippen LogP contribution in [-0.4, -0.2) is 21.3 Å². The summed E-state index contributed by atoms with van der Waals surface area (Å²) in [5.74, 6) is 0.479. The molecule has 0 aliphatic carbocycles. The van der Waals surface area contributed by atoms with E-state index in [2.05, 4.69) is 4.98 Å². The maximum atomic E-state index is 13.1. The number of aryl methyl sites for hydroxylation is 1. The van der Waals surface area contributed by atoms with Crippen LogP contribution >= 0.6 is 0 Å². The molecule has 0 aliphatic heterocycles. The first kappa shape index (κ1) is 15.7. The zero-order valence-corrected chi connectivity index (χ0v) is 12.6. The highest BCUT2D eigenvalue weighted by atomic mass is 19.1. The van der Waals surface area contributed by atoms with E-state index >= 15 is 0 Å². The Kier molecular flexibility index (Phi) is 5.09. The lowest BCUT2D eigenvalue weighted by Crippen LogP contribution is -2.15. The second kappa shape index (κ2) is 6.83. The summed E-state index contributed by atoms with van der Waals surface area (Å²) in [6.45, 7) is 6.62. The number of nitrogens with zero attached hydrogens (tertiary/aromatic N) is 2. The molecule has 0 amide bonds. The summed E-state index contributed by atoms with van der Waals surface area (Å²) < 4.78 is 20.5. The molecule has 0 saturated heterocycles. The van der Waals surface area contributed by atoms with E-state index in [1.807, 2.05) is 24.6 Å². The summed E-state index contributed by atoms with van der Waals surface area (Å²) in [5.41, 5.74) is 1.46. The molecule has 2 rings (SSSR count). The van der Waals surface area contributed by atoms with Crippen LogP contribution in [0.5, 0.6) is 0 Å². The molecule has 0 fully saturated rings. The van der Waals surface area contributed by atoms with Crippen molar-refractivity contribution in [2.45, 2.75) is 39.5 Å². The van der Waals surface area contributed by atoms with Gasteiger partial charge in [-0.1, -0.05) is 6.07 Å². The van der Waals surface area contributed by atoms with Gasteiger partial charge in [0.25, 0.3) is 0 Å². The summed E-state index contributed by atoms with van der Waals surface area (Å²) in [7, 11) is 0. The van der Waals surface area contributed by atoms with Crippen molar-refractivity contribution < 1.29 is 14.2 Å². The van der Waals surface area contributed by atoms with Crippen molar-refractivity contribution in [1.82, 2.24) is 9.55 Å². The van der Waals surface area contributed by atoms with E-state index in [1.54, 1.807) is 19.2 Å². The number of imidazole rings is 1. The minimum absolute atomic E-state index is 0.133. The Balaban J connectivity index is 2.16. The van der Waals surface area contributed by atoms with E-state index in [4.69, 9.17) is 4.74 Å². The van der Waals surface area contributed by atoms with Crippen LogP contribution in [0.2, 0.25) is 0 Å². The standard InChI is InChI=1S/C16H21FN2O2/c1-4-21-12(3)16-18-7-8-19(16)10-15(20)14-6-5-13(17)9-11(14)2/h5-9,12,15,20H,4,10H2,1-3H3. The molecule has 0 aliphatic rings. The topological polar surface area (TPSA) is 47.3 Å². The summed E-state index contributed by atoms with van der Waals surface area (Å²) >= 11 is 0. The lowest BCUT2D eigenvalue weighted by molar-refractivity contribution is 0.0644. The number of aliphatic hydroxyl groups excluding tert-OH is 1. The smallest absolute Gasteiger partial charge is 0.137 e. The average Bonchev–Trinajstić information content (AvgIpc) is 2.87. The van der Waals surface area contributed by atoms with Crippen molar-refractivity contribution in [3.63, 3.8) is 0 Å². The van der Waals surface area contributed by atoms with E-state index in [0.29, 0.717) is 13.2 Å². The zero-order valence-electron chi connectivity index (χ0n) is 12.6. The molecule has 0 spiro atoms. The molecule has 0 bridgehead atoms. The highest BCUT2D eigenvalue weighted by Gasteiger charge is 2.17. The molecule has 1 N–H and O–H groups in total. The lowest BCUT2D eigenvalue weighted by atomic mass is 10.0. The molecule has 4 nitrogen and oxygen atoms in total. The first-order chi connectivity index (χ1) is 10.0. The molecule has 1 aromatic heterocycles. The third-order valence-electron chi connectivity index (χ3n) is 3.49. The van der Waals surface area contributed by atoms with Gasteiger partial charge in [-0.05, 0) is 44.0 Å². The van der Waals surface area contributed by atoms with Gasteiger partial charge in [0.15, 0.2) is 0 Å². The van der Waals surface area contributed by atoms with Gasteiger partial charge >= 0.3 is 0 Å². The summed E-state index contributed by atoms with van der Waals surface area (Å²) in [5, 5.41) is 10.4. The number of aliphatic hydroxyl groups is 1. The number of benzene rings is 1. The molecule has 0 saturated carbocycles. The molecule has 1 heterocycles. The number of halogens is 1. The van der Waals surface area contributed by atoms with Gasteiger partial charge < -0.3 is 14.4 Å². The molecule has 2 unspecified atom stereocenters. The highest BCUT2D eigenvalue weighted by molar-refractivity contribution is 5.28. The predicted octanol–water partition coefficient (Wildman–Crippen LogP) is 3.16. The minimum Gasteiger partial charge on any atom is -0.387 e. The van der Waals surface area contributed by atoms with Gasteiger partial charge in [-0.3, -0.25) is 0 Å². The molecule has 1 aromatic carbocycles. The fourth-order valence-corrected chi connectivity index (χ4v) is 2.46. The molecule has 2 atom stereocenters. The van der Waals surface area contributed by atoms with Gasteiger partial charge in [-0.25, -0.2) is 9.37 Å².